The number of nitrogens with zero attached hydrogens (tertiary/aromatic N) is 4. The average molecular weight is 437 g/mol. The van der Waals surface area contributed by atoms with E-state index < -0.39 is 18.3 Å². The number of halogens is 3. The molecular formula is C21H26F3N5O2. The predicted octanol–water partition coefficient (Wildman–Crippen LogP) is 3.36. The Morgan fingerprint density at radius 2 is 2.16 bits per heavy atom. The lowest BCUT2D eigenvalue weighted by Crippen LogP contribution is -2.49. The van der Waals surface area contributed by atoms with E-state index in [9.17, 15) is 18.0 Å². The van der Waals surface area contributed by atoms with Crippen molar-refractivity contribution in [1.82, 2.24) is 19.7 Å². The Balaban J connectivity index is 1.44. The lowest BCUT2D eigenvalue weighted by Gasteiger charge is -2.41. The van der Waals surface area contributed by atoms with E-state index in [-0.39, 0.29) is 30.6 Å². The van der Waals surface area contributed by atoms with Crippen molar-refractivity contribution < 1.29 is 22.7 Å². The fourth-order valence-electron chi connectivity index (χ4n) is 4.63. The van der Waals surface area contributed by atoms with Crippen LogP contribution in [0.1, 0.15) is 36.4 Å². The Morgan fingerprint density at radius 1 is 1.35 bits per heavy atom. The van der Waals surface area contributed by atoms with Gasteiger partial charge in [0.15, 0.2) is 6.04 Å². The van der Waals surface area contributed by atoms with Gasteiger partial charge in [0.25, 0.3) is 0 Å². The monoisotopic (exact) mass is 437 g/mol. The maximum atomic E-state index is 13.6. The Morgan fingerprint density at radius 3 is 2.87 bits per heavy atom. The number of hydrogen-bond donors (Lipinski definition) is 1. The summed E-state index contributed by atoms with van der Waals surface area (Å²) < 4.78 is 46.9. The number of aryl methyl sites for hydroxylation is 1. The highest BCUT2D eigenvalue weighted by Crippen LogP contribution is 2.40. The number of carbonyl (C=O) groups excluding carboxylic acids is 1. The van der Waals surface area contributed by atoms with E-state index in [0.29, 0.717) is 13.1 Å². The number of aromatic nitrogens is 3. The zero-order valence-electron chi connectivity index (χ0n) is 17.5. The molecule has 10 heteroatoms. The maximum absolute atomic E-state index is 13.6. The summed E-state index contributed by atoms with van der Waals surface area (Å²) in [5, 5.41) is 6.86. The third-order valence-electron chi connectivity index (χ3n) is 6.23. The fourth-order valence-corrected chi connectivity index (χ4v) is 4.63. The van der Waals surface area contributed by atoms with Crippen LogP contribution in [-0.2, 0) is 11.2 Å². The van der Waals surface area contributed by atoms with E-state index in [4.69, 9.17) is 4.74 Å². The number of anilines is 1. The summed E-state index contributed by atoms with van der Waals surface area (Å²) >= 11 is 0. The molecule has 1 aromatic heterocycles. The van der Waals surface area contributed by atoms with Crippen LogP contribution < -0.4 is 10.1 Å². The molecule has 3 heterocycles. The number of nitrogens with one attached hydrogen (secondary N) is 1. The zero-order chi connectivity index (χ0) is 22.2. The number of carbonyl (C=O) groups is 1. The number of piperidine rings is 1. The van der Waals surface area contributed by atoms with Crippen molar-refractivity contribution in [2.75, 3.05) is 25.5 Å². The van der Waals surface area contributed by atoms with E-state index in [1.54, 1.807) is 12.0 Å². The fraction of sp³-hybridized carbons (Fsp3) is 0.571. The van der Waals surface area contributed by atoms with Gasteiger partial charge in [-0.3, -0.25) is 4.79 Å². The van der Waals surface area contributed by atoms with Crippen LogP contribution in [0.25, 0.3) is 0 Å². The summed E-state index contributed by atoms with van der Waals surface area (Å²) in [6.07, 6.45) is -1.60. The predicted molar refractivity (Wildman–Crippen MR) is 108 cm³/mol. The molecule has 1 N–H and O–H groups in total. The molecule has 1 unspecified atom stereocenters. The van der Waals surface area contributed by atoms with Crippen LogP contribution in [-0.4, -0.2) is 58.0 Å². The lowest BCUT2D eigenvalue weighted by molar-refractivity contribution is -0.175. The first kappa shape index (κ1) is 21.5. The average Bonchev–Trinajstić information content (AvgIpc) is 3.21. The number of hydrogen-bond acceptors (Lipinski definition) is 5. The van der Waals surface area contributed by atoms with Crippen molar-refractivity contribution in [3.63, 3.8) is 0 Å². The number of rotatable bonds is 4. The summed E-state index contributed by atoms with van der Waals surface area (Å²) in [5.74, 6) is 0.812. The molecule has 4 rings (SSSR count). The topological polar surface area (TPSA) is 72.3 Å². The molecule has 7 nitrogen and oxygen atoms in total. The first-order chi connectivity index (χ1) is 14.8. The molecule has 0 bridgehead atoms. The third-order valence-corrected chi connectivity index (χ3v) is 6.23. The van der Waals surface area contributed by atoms with Gasteiger partial charge in [-0.05, 0) is 49.3 Å². The van der Waals surface area contributed by atoms with Gasteiger partial charge in [0.2, 0.25) is 11.9 Å². The van der Waals surface area contributed by atoms with Gasteiger partial charge >= 0.3 is 6.18 Å². The quantitative estimate of drug-likeness (QED) is 0.794. The van der Waals surface area contributed by atoms with Crippen molar-refractivity contribution in [3.8, 4) is 5.75 Å². The van der Waals surface area contributed by atoms with Crippen molar-refractivity contribution in [3.05, 3.63) is 35.7 Å². The van der Waals surface area contributed by atoms with Crippen LogP contribution in [0.5, 0.6) is 5.75 Å². The van der Waals surface area contributed by atoms with Crippen molar-refractivity contribution in [2.45, 2.75) is 50.9 Å². The molecule has 2 aliphatic rings. The van der Waals surface area contributed by atoms with Gasteiger partial charge in [-0.15, -0.1) is 0 Å². The number of alkyl halides is 3. The molecule has 0 spiro atoms. The van der Waals surface area contributed by atoms with Crippen LogP contribution in [0.4, 0.5) is 19.1 Å². The van der Waals surface area contributed by atoms with E-state index in [2.05, 4.69) is 15.4 Å². The molecule has 0 saturated carbocycles. The maximum Gasteiger partial charge on any atom is 0.411 e. The van der Waals surface area contributed by atoms with Crippen LogP contribution in [0.2, 0.25) is 0 Å². The normalized spacial score (nSPS) is 23.8. The van der Waals surface area contributed by atoms with Crippen molar-refractivity contribution >= 4 is 11.9 Å². The lowest BCUT2D eigenvalue weighted by atomic mass is 9.85. The molecule has 31 heavy (non-hydrogen) atoms. The third kappa shape index (κ3) is 4.47. The summed E-state index contributed by atoms with van der Waals surface area (Å²) in [6.45, 7) is 2.98. The number of methoxy groups -OCH3 is 1. The first-order valence-corrected chi connectivity index (χ1v) is 10.4. The molecule has 1 amide bonds. The number of amides is 1. The number of benzene rings is 1. The zero-order valence-corrected chi connectivity index (χ0v) is 17.5. The second-order valence-corrected chi connectivity index (χ2v) is 8.29. The second-order valence-electron chi connectivity index (χ2n) is 8.29. The van der Waals surface area contributed by atoms with Gasteiger partial charge < -0.3 is 15.0 Å². The minimum absolute atomic E-state index is 0.0133. The molecule has 1 fully saturated rings. The molecule has 0 radical (unpaired) electrons. The highest BCUT2D eigenvalue weighted by molar-refractivity contribution is 5.79. The smallest absolute Gasteiger partial charge is 0.411 e. The second kappa shape index (κ2) is 8.39. The molecule has 168 valence electrons. The van der Waals surface area contributed by atoms with Crippen LogP contribution >= 0.6 is 0 Å². The van der Waals surface area contributed by atoms with Crippen LogP contribution in [0.3, 0.4) is 0 Å². The van der Waals surface area contributed by atoms with Crippen molar-refractivity contribution in [1.29, 1.82) is 0 Å². The van der Waals surface area contributed by atoms with E-state index in [0.717, 1.165) is 40.7 Å². The Kier molecular flexibility index (Phi) is 5.81. The Labute approximate surface area is 178 Å². The number of fused-ring (bicyclic) bond motifs is 1. The van der Waals surface area contributed by atoms with Gasteiger partial charge in [-0.25, -0.2) is 4.68 Å². The highest BCUT2D eigenvalue weighted by atomic mass is 19.4. The van der Waals surface area contributed by atoms with E-state index in [1.165, 1.54) is 0 Å². The first-order valence-electron chi connectivity index (χ1n) is 10.4. The minimum atomic E-state index is -4.40. The van der Waals surface area contributed by atoms with E-state index in [1.807, 2.05) is 25.1 Å². The molecule has 1 aromatic carbocycles. The highest BCUT2D eigenvalue weighted by Gasteiger charge is 2.48. The Bertz CT molecular complexity index is 945. The molecule has 0 aliphatic carbocycles. The molecule has 2 aromatic rings. The van der Waals surface area contributed by atoms with Crippen LogP contribution in [0, 0.1) is 12.8 Å². The van der Waals surface area contributed by atoms with Gasteiger partial charge in [0, 0.05) is 19.1 Å². The molecular weight excluding hydrogens is 411 g/mol. The summed E-state index contributed by atoms with van der Waals surface area (Å²) in [4.78, 5) is 18.6. The summed E-state index contributed by atoms with van der Waals surface area (Å²) in [6, 6.07) is 3.53. The van der Waals surface area contributed by atoms with Crippen molar-refractivity contribution in [2.24, 2.45) is 5.92 Å². The molecule has 1 saturated heterocycles. The summed E-state index contributed by atoms with van der Waals surface area (Å²) in [5.41, 5.74) is 1.85. The summed E-state index contributed by atoms with van der Waals surface area (Å²) in [7, 11) is 1.60. The van der Waals surface area contributed by atoms with Gasteiger partial charge in [0.1, 0.15) is 12.1 Å². The Hall–Kier alpha value is -2.78. The van der Waals surface area contributed by atoms with Crippen LogP contribution in [0.15, 0.2) is 24.5 Å². The van der Waals surface area contributed by atoms with Gasteiger partial charge in [0.05, 0.1) is 13.5 Å². The minimum Gasteiger partial charge on any atom is -0.496 e. The van der Waals surface area contributed by atoms with Gasteiger partial charge in [-0.2, -0.15) is 23.3 Å². The SMILES string of the molecule is COc1ccc(CC(=O)N2CCCC([C@@H]3C[C@H](C(F)(F)F)n4ncnc4N3)C2)cc1C. The van der Waals surface area contributed by atoms with Gasteiger partial charge in [-0.1, -0.05) is 12.1 Å². The van der Waals surface area contributed by atoms with E-state index >= 15 is 0 Å². The standard InChI is InChI=1S/C21H26F3N5O2/c1-13-8-14(5-6-17(13)31-2)9-19(30)28-7-3-4-15(11-28)16-10-18(21(22,23)24)29-20(27-16)25-12-26-29/h5-6,8,12,15-16,18H,3-4,7,9-11H2,1-2H3,(H,25,26,27)/t15?,16-,18+/m0/s1. The largest absolute Gasteiger partial charge is 0.496 e. The molecule has 2 aliphatic heterocycles. The molecule has 3 atom stereocenters. The number of likely N-dealkylation sites (tertiary alicyclic amines) is 1. The number of ether oxygens (including phenoxy) is 1.